The van der Waals surface area contributed by atoms with Gasteiger partial charge in [0.05, 0.1) is 6.42 Å². The van der Waals surface area contributed by atoms with Crippen molar-refractivity contribution in [3.05, 3.63) is 0 Å². The Balaban J connectivity index is 2.35. The Morgan fingerprint density at radius 2 is 1.90 bits per heavy atom. The number of rotatable bonds is 7. The van der Waals surface area contributed by atoms with Gasteiger partial charge in [-0.2, -0.15) is 11.8 Å². The van der Waals surface area contributed by atoms with E-state index in [-0.39, 0.29) is 18.5 Å². The van der Waals surface area contributed by atoms with Crippen LogP contribution in [0.2, 0.25) is 0 Å². The van der Waals surface area contributed by atoms with Crippen LogP contribution in [0.15, 0.2) is 0 Å². The molecule has 1 saturated heterocycles. The van der Waals surface area contributed by atoms with Crippen LogP contribution in [0.3, 0.4) is 0 Å². The molecule has 1 heterocycles. The molecule has 21 heavy (non-hydrogen) atoms. The highest BCUT2D eigenvalue weighted by atomic mass is 32.2. The average molecular weight is 317 g/mol. The van der Waals surface area contributed by atoms with Crippen molar-refractivity contribution in [1.29, 1.82) is 0 Å². The molecule has 1 atom stereocenters. The van der Waals surface area contributed by atoms with E-state index in [2.05, 4.69) is 18.1 Å². The van der Waals surface area contributed by atoms with Crippen molar-refractivity contribution in [3.63, 3.8) is 0 Å². The van der Waals surface area contributed by atoms with Crippen LogP contribution >= 0.6 is 11.8 Å². The zero-order valence-electron chi connectivity index (χ0n) is 13.2. The summed E-state index contributed by atoms with van der Waals surface area (Å²) in [6.45, 7) is 5.52. The number of hydrogen-bond acceptors (Lipinski definition) is 4. The van der Waals surface area contributed by atoms with Gasteiger partial charge in [-0.25, -0.2) is 4.79 Å². The fraction of sp³-hybridized carbons (Fsp3) is 0.857. The van der Waals surface area contributed by atoms with Crippen LogP contribution in [0.5, 0.6) is 0 Å². The first-order valence-electron chi connectivity index (χ1n) is 7.40. The van der Waals surface area contributed by atoms with E-state index in [1.54, 1.807) is 11.8 Å². The first-order chi connectivity index (χ1) is 9.95. The molecule has 0 aliphatic carbocycles. The lowest BCUT2D eigenvalue weighted by molar-refractivity contribution is -0.137. The van der Waals surface area contributed by atoms with Crippen LogP contribution in [0, 0.1) is 0 Å². The molecular formula is C14H27N3O3S. The van der Waals surface area contributed by atoms with E-state index in [1.807, 2.05) is 16.8 Å². The number of piperazine rings is 1. The van der Waals surface area contributed by atoms with Gasteiger partial charge in [-0.3, -0.25) is 9.69 Å². The number of thioether (sulfide) groups is 1. The third-order valence-corrected chi connectivity index (χ3v) is 4.63. The topological polar surface area (TPSA) is 64.1 Å². The second-order valence-corrected chi connectivity index (χ2v) is 6.48. The highest BCUT2D eigenvalue weighted by Crippen LogP contribution is 2.11. The molecule has 1 N–H and O–H groups in total. The minimum atomic E-state index is -0.768. The van der Waals surface area contributed by atoms with E-state index in [0.29, 0.717) is 19.6 Å². The number of aliphatic carboxylic acids is 1. The highest BCUT2D eigenvalue weighted by molar-refractivity contribution is 7.98. The summed E-state index contributed by atoms with van der Waals surface area (Å²) in [6.07, 6.45) is 3.24. The molecule has 6 nitrogen and oxygen atoms in total. The van der Waals surface area contributed by atoms with Gasteiger partial charge in [0.2, 0.25) is 0 Å². The number of amides is 2. The predicted molar refractivity (Wildman–Crippen MR) is 85.9 cm³/mol. The lowest BCUT2D eigenvalue weighted by atomic mass is 10.2. The Kier molecular flexibility index (Phi) is 7.88. The van der Waals surface area contributed by atoms with E-state index >= 15 is 0 Å². The molecule has 0 bridgehead atoms. The van der Waals surface area contributed by atoms with E-state index in [9.17, 15) is 9.59 Å². The van der Waals surface area contributed by atoms with Crippen LogP contribution in [-0.2, 0) is 4.79 Å². The van der Waals surface area contributed by atoms with E-state index in [1.165, 1.54) is 0 Å². The summed E-state index contributed by atoms with van der Waals surface area (Å²) in [5.74, 6) is 0.290. The minimum absolute atomic E-state index is 0.0847. The van der Waals surface area contributed by atoms with Gasteiger partial charge < -0.3 is 14.9 Å². The molecule has 0 aromatic heterocycles. The fourth-order valence-electron chi connectivity index (χ4n) is 2.31. The summed E-state index contributed by atoms with van der Waals surface area (Å²) in [7, 11) is 1.87. The maximum absolute atomic E-state index is 12.4. The molecule has 7 heteroatoms. The maximum Gasteiger partial charge on any atom is 0.320 e. The first kappa shape index (κ1) is 18.1. The predicted octanol–water partition coefficient (Wildman–Crippen LogP) is 1.27. The molecule has 1 fully saturated rings. The summed E-state index contributed by atoms with van der Waals surface area (Å²) in [5.41, 5.74) is 0. The van der Waals surface area contributed by atoms with Crippen LogP contribution in [-0.4, -0.2) is 89.6 Å². The van der Waals surface area contributed by atoms with Gasteiger partial charge in [-0.15, -0.1) is 0 Å². The molecule has 1 unspecified atom stereocenters. The fourth-order valence-corrected chi connectivity index (χ4v) is 2.89. The van der Waals surface area contributed by atoms with Gasteiger partial charge in [0.15, 0.2) is 0 Å². The van der Waals surface area contributed by atoms with Gasteiger partial charge in [0.1, 0.15) is 0 Å². The summed E-state index contributed by atoms with van der Waals surface area (Å²) in [4.78, 5) is 28.8. The Morgan fingerprint density at radius 3 is 2.43 bits per heavy atom. The average Bonchev–Trinajstić information content (AvgIpc) is 2.49. The van der Waals surface area contributed by atoms with Gasteiger partial charge in [0.25, 0.3) is 0 Å². The largest absolute Gasteiger partial charge is 0.481 e. The molecule has 2 amide bonds. The molecule has 1 rings (SSSR count). The van der Waals surface area contributed by atoms with Crippen molar-refractivity contribution in [2.45, 2.75) is 25.8 Å². The van der Waals surface area contributed by atoms with Crippen molar-refractivity contribution in [3.8, 4) is 0 Å². The third-order valence-electron chi connectivity index (χ3n) is 3.99. The molecule has 1 aliphatic heterocycles. The molecule has 0 saturated carbocycles. The molecule has 0 aromatic rings. The van der Waals surface area contributed by atoms with Gasteiger partial charge in [-0.05, 0) is 25.4 Å². The second kappa shape index (κ2) is 9.15. The SMILES string of the molecule is CSCCC(C)N(C)C(=O)N1CCN(CCC(=O)O)CC1. The van der Waals surface area contributed by atoms with Crippen molar-refractivity contribution in [2.75, 3.05) is 51.8 Å². The van der Waals surface area contributed by atoms with Crippen molar-refractivity contribution >= 4 is 23.8 Å². The van der Waals surface area contributed by atoms with E-state index in [0.717, 1.165) is 25.3 Å². The number of carboxylic acid groups (broad SMARTS) is 1. The molecular weight excluding hydrogens is 290 g/mol. The van der Waals surface area contributed by atoms with Crippen LogP contribution in [0.25, 0.3) is 0 Å². The van der Waals surface area contributed by atoms with Crippen molar-refractivity contribution in [1.82, 2.24) is 14.7 Å². The summed E-state index contributed by atoms with van der Waals surface area (Å²) >= 11 is 1.80. The first-order valence-corrected chi connectivity index (χ1v) is 8.80. The van der Waals surface area contributed by atoms with Crippen molar-refractivity contribution < 1.29 is 14.7 Å². The van der Waals surface area contributed by atoms with Crippen LogP contribution in [0.1, 0.15) is 19.8 Å². The number of hydrogen-bond donors (Lipinski definition) is 1. The quantitative estimate of drug-likeness (QED) is 0.766. The molecule has 0 aromatic carbocycles. The molecule has 0 spiro atoms. The van der Waals surface area contributed by atoms with E-state index in [4.69, 9.17) is 5.11 Å². The number of carbonyl (C=O) groups excluding carboxylic acids is 1. The standard InChI is InChI=1S/C14H27N3O3S/c1-12(5-11-21-3)15(2)14(20)17-9-7-16(8-10-17)6-4-13(18)19/h12H,4-11H2,1-3H3,(H,18,19). The monoisotopic (exact) mass is 317 g/mol. The van der Waals surface area contributed by atoms with Gasteiger partial charge >= 0.3 is 12.0 Å². The normalized spacial score (nSPS) is 17.6. The zero-order chi connectivity index (χ0) is 15.8. The zero-order valence-corrected chi connectivity index (χ0v) is 14.1. The van der Waals surface area contributed by atoms with Gasteiger partial charge in [-0.1, -0.05) is 0 Å². The molecule has 0 radical (unpaired) electrons. The Hall–Kier alpha value is -0.950. The summed E-state index contributed by atoms with van der Waals surface area (Å²) < 4.78 is 0. The Morgan fingerprint density at radius 1 is 1.29 bits per heavy atom. The van der Waals surface area contributed by atoms with Crippen molar-refractivity contribution in [2.24, 2.45) is 0 Å². The number of nitrogens with zero attached hydrogens (tertiary/aromatic N) is 3. The number of urea groups is 1. The van der Waals surface area contributed by atoms with Gasteiger partial charge in [0, 0.05) is 45.8 Å². The van der Waals surface area contributed by atoms with Crippen LogP contribution in [0.4, 0.5) is 4.79 Å². The van der Waals surface area contributed by atoms with E-state index < -0.39 is 5.97 Å². The van der Waals surface area contributed by atoms with Crippen LogP contribution < -0.4 is 0 Å². The lowest BCUT2D eigenvalue weighted by Crippen LogP contribution is -2.53. The minimum Gasteiger partial charge on any atom is -0.481 e. The third kappa shape index (κ3) is 6.13. The maximum atomic E-state index is 12.4. The Labute approximate surface area is 131 Å². The lowest BCUT2D eigenvalue weighted by Gasteiger charge is -2.38. The number of carboxylic acids is 1. The Bertz CT molecular complexity index is 346. The molecule has 1 aliphatic rings. The second-order valence-electron chi connectivity index (χ2n) is 5.50. The smallest absolute Gasteiger partial charge is 0.320 e. The summed E-state index contributed by atoms with van der Waals surface area (Å²) in [6, 6.07) is 0.330. The summed E-state index contributed by atoms with van der Waals surface area (Å²) in [5, 5.41) is 8.69. The molecule has 122 valence electrons. The number of carbonyl (C=O) groups is 2. The highest BCUT2D eigenvalue weighted by Gasteiger charge is 2.25.